The molecule has 2 amide bonds. The fourth-order valence-electron chi connectivity index (χ4n) is 2.77. The fourth-order valence-corrected chi connectivity index (χ4v) is 3.88. The smallest absolute Gasteiger partial charge is 0.237 e. The Balaban J connectivity index is 1.49. The lowest BCUT2D eigenvalue weighted by atomic mass is 10.2. The van der Waals surface area contributed by atoms with Crippen LogP contribution in [0.25, 0.3) is 0 Å². The number of thioether (sulfide) groups is 1. The van der Waals surface area contributed by atoms with Gasteiger partial charge in [0.25, 0.3) is 0 Å². The maximum absolute atomic E-state index is 12.5. The number of hydrogen-bond donors (Lipinski definition) is 4. The van der Waals surface area contributed by atoms with Crippen molar-refractivity contribution in [3.8, 4) is 0 Å². The zero-order valence-electron chi connectivity index (χ0n) is 17.7. The second-order valence-corrected chi connectivity index (χ2v) is 8.80. The van der Waals surface area contributed by atoms with Crippen molar-refractivity contribution in [2.75, 3.05) is 21.3 Å². The third-order valence-electron chi connectivity index (χ3n) is 4.30. The number of rotatable bonds is 7. The third-order valence-corrected chi connectivity index (χ3v) is 5.61. The molecule has 0 fully saturated rings. The number of thiocarbonyl (C=S) groups is 1. The molecular weight excluding hydrogens is 440 g/mol. The Morgan fingerprint density at radius 3 is 1.75 bits per heavy atom. The van der Waals surface area contributed by atoms with Gasteiger partial charge in [0, 0.05) is 34.6 Å². The van der Waals surface area contributed by atoms with Gasteiger partial charge >= 0.3 is 0 Å². The lowest BCUT2D eigenvalue weighted by molar-refractivity contribution is -0.115. The number of nitrogens with one attached hydrogen (secondary N) is 4. The number of benzene rings is 3. The maximum Gasteiger partial charge on any atom is 0.237 e. The Kier molecular flexibility index (Phi) is 8.24. The highest BCUT2D eigenvalue weighted by molar-refractivity contribution is 8.00. The lowest BCUT2D eigenvalue weighted by Crippen LogP contribution is -2.22. The maximum atomic E-state index is 12.5. The quantitative estimate of drug-likeness (QED) is 0.270. The van der Waals surface area contributed by atoms with Gasteiger partial charge in [0.05, 0.1) is 5.25 Å². The van der Waals surface area contributed by atoms with Crippen LogP contribution < -0.4 is 21.3 Å². The molecule has 3 aromatic rings. The van der Waals surface area contributed by atoms with E-state index in [1.54, 1.807) is 24.3 Å². The van der Waals surface area contributed by atoms with Crippen molar-refractivity contribution in [3.05, 3.63) is 78.9 Å². The standard InChI is InChI=1S/C24H24N4O2S2/c1-16(23(30)26-20-10-8-19(9-11-20)25-17(2)29)32-22-14-12-21(13-15-22)28-24(31)27-18-6-4-3-5-7-18/h3-16H,1-2H3,(H,25,29)(H,26,30)(H2,27,28,31)/t16-/m0/s1. The molecule has 4 N–H and O–H groups in total. The number of amides is 2. The minimum absolute atomic E-state index is 0.0993. The van der Waals surface area contributed by atoms with Crippen LogP contribution in [-0.2, 0) is 9.59 Å². The van der Waals surface area contributed by atoms with Crippen LogP contribution in [-0.4, -0.2) is 22.2 Å². The number of para-hydroxylation sites is 1. The second-order valence-electron chi connectivity index (χ2n) is 6.98. The van der Waals surface area contributed by atoms with E-state index < -0.39 is 0 Å². The number of carbonyl (C=O) groups is 2. The average molecular weight is 465 g/mol. The first-order chi connectivity index (χ1) is 15.4. The first-order valence-corrected chi connectivity index (χ1v) is 11.3. The van der Waals surface area contributed by atoms with E-state index in [1.807, 2.05) is 61.5 Å². The van der Waals surface area contributed by atoms with Gasteiger partial charge in [-0.3, -0.25) is 9.59 Å². The van der Waals surface area contributed by atoms with Crippen LogP contribution in [0.2, 0.25) is 0 Å². The summed E-state index contributed by atoms with van der Waals surface area (Å²) in [7, 11) is 0. The summed E-state index contributed by atoms with van der Waals surface area (Å²) >= 11 is 6.81. The summed E-state index contributed by atoms with van der Waals surface area (Å²) in [6.07, 6.45) is 0. The molecule has 0 heterocycles. The van der Waals surface area contributed by atoms with E-state index in [0.717, 1.165) is 16.3 Å². The molecule has 164 valence electrons. The van der Waals surface area contributed by atoms with Gasteiger partial charge in [0.2, 0.25) is 11.8 Å². The Hall–Kier alpha value is -3.36. The molecule has 0 aliphatic carbocycles. The number of carbonyl (C=O) groups excluding carboxylic acids is 2. The molecule has 3 aromatic carbocycles. The molecule has 0 saturated carbocycles. The summed E-state index contributed by atoms with van der Waals surface area (Å²) < 4.78 is 0. The van der Waals surface area contributed by atoms with E-state index >= 15 is 0 Å². The average Bonchev–Trinajstić information content (AvgIpc) is 2.76. The van der Waals surface area contributed by atoms with Crippen molar-refractivity contribution in [1.29, 1.82) is 0 Å². The summed E-state index contributed by atoms with van der Waals surface area (Å²) in [5.74, 6) is -0.236. The highest BCUT2D eigenvalue weighted by Gasteiger charge is 2.15. The minimum Gasteiger partial charge on any atom is -0.332 e. The molecule has 0 saturated heterocycles. The van der Waals surface area contributed by atoms with E-state index in [0.29, 0.717) is 16.5 Å². The molecule has 0 unspecified atom stereocenters. The van der Waals surface area contributed by atoms with Crippen molar-refractivity contribution in [2.45, 2.75) is 24.0 Å². The van der Waals surface area contributed by atoms with E-state index in [-0.39, 0.29) is 17.1 Å². The summed E-state index contributed by atoms with van der Waals surface area (Å²) in [6, 6.07) is 24.5. The van der Waals surface area contributed by atoms with E-state index in [9.17, 15) is 9.59 Å². The van der Waals surface area contributed by atoms with Crippen LogP contribution in [0.4, 0.5) is 22.7 Å². The first-order valence-electron chi connectivity index (χ1n) is 9.97. The van der Waals surface area contributed by atoms with E-state index in [2.05, 4.69) is 21.3 Å². The summed E-state index contributed by atoms with van der Waals surface area (Å²) in [5, 5.41) is 12.1. The van der Waals surface area contributed by atoms with Gasteiger partial charge < -0.3 is 21.3 Å². The highest BCUT2D eigenvalue weighted by Crippen LogP contribution is 2.26. The van der Waals surface area contributed by atoms with Gasteiger partial charge in [-0.1, -0.05) is 18.2 Å². The first kappa shape index (κ1) is 23.3. The molecule has 0 bridgehead atoms. The molecule has 8 heteroatoms. The van der Waals surface area contributed by atoms with Crippen molar-refractivity contribution >= 4 is 63.7 Å². The molecular formula is C24H24N4O2S2. The van der Waals surface area contributed by atoms with Crippen LogP contribution >= 0.6 is 24.0 Å². The van der Waals surface area contributed by atoms with Crippen LogP contribution in [0.1, 0.15) is 13.8 Å². The molecule has 0 aliphatic rings. The Morgan fingerprint density at radius 1 is 0.719 bits per heavy atom. The van der Waals surface area contributed by atoms with E-state index in [4.69, 9.17) is 12.2 Å². The van der Waals surface area contributed by atoms with Crippen molar-refractivity contribution in [1.82, 2.24) is 0 Å². The van der Waals surface area contributed by atoms with Crippen LogP contribution in [0.15, 0.2) is 83.8 Å². The Bertz CT molecular complexity index is 1070. The number of anilines is 4. The predicted octanol–water partition coefficient (Wildman–Crippen LogP) is 5.57. The van der Waals surface area contributed by atoms with Crippen molar-refractivity contribution in [3.63, 3.8) is 0 Å². The summed E-state index contributed by atoms with van der Waals surface area (Å²) in [5.41, 5.74) is 3.14. The highest BCUT2D eigenvalue weighted by atomic mass is 32.2. The zero-order valence-corrected chi connectivity index (χ0v) is 19.3. The SMILES string of the molecule is CC(=O)Nc1ccc(NC(=O)[C@H](C)Sc2ccc(NC(=S)Nc3ccccc3)cc2)cc1. The molecule has 1 atom stereocenters. The lowest BCUT2D eigenvalue weighted by Gasteiger charge is -2.14. The largest absolute Gasteiger partial charge is 0.332 e. The van der Waals surface area contributed by atoms with Gasteiger partial charge in [-0.25, -0.2) is 0 Å². The molecule has 0 spiro atoms. The van der Waals surface area contributed by atoms with Gasteiger partial charge in [-0.15, -0.1) is 11.8 Å². The van der Waals surface area contributed by atoms with Crippen molar-refractivity contribution < 1.29 is 9.59 Å². The van der Waals surface area contributed by atoms with Gasteiger partial charge in [0.15, 0.2) is 5.11 Å². The van der Waals surface area contributed by atoms with Crippen molar-refractivity contribution in [2.24, 2.45) is 0 Å². The Labute approximate surface area is 197 Å². The molecule has 0 aliphatic heterocycles. The van der Waals surface area contributed by atoms with Crippen LogP contribution in [0.5, 0.6) is 0 Å². The van der Waals surface area contributed by atoms with E-state index in [1.165, 1.54) is 18.7 Å². The normalized spacial score (nSPS) is 11.2. The summed E-state index contributed by atoms with van der Waals surface area (Å²) in [4.78, 5) is 24.6. The van der Waals surface area contributed by atoms with Crippen LogP contribution in [0.3, 0.4) is 0 Å². The Morgan fingerprint density at radius 2 is 1.19 bits per heavy atom. The summed E-state index contributed by atoms with van der Waals surface area (Å²) in [6.45, 7) is 3.31. The molecule has 0 radical (unpaired) electrons. The van der Waals surface area contributed by atoms with Gasteiger partial charge in [0.1, 0.15) is 0 Å². The zero-order chi connectivity index (χ0) is 22.9. The molecule has 32 heavy (non-hydrogen) atoms. The minimum atomic E-state index is -0.287. The second kappa shape index (κ2) is 11.3. The monoisotopic (exact) mass is 464 g/mol. The van der Waals surface area contributed by atoms with Gasteiger partial charge in [-0.2, -0.15) is 0 Å². The van der Waals surface area contributed by atoms with Gasteiger partial charge in [-0.05, 0) is 79.8 Å². The molecule has 0 aromatic heterocycles. The third kappa shape index (κ3) is 7.40. The fraction of sp³-hybridized carbons (Fsp3) is 0.125. The molecule has 6 nitrogen and oxygen atoms in total. The van der Waals surface area contributed by atoms with Crippen LogP contribution in [0, 0.1) is 0 Å². The number of hydrogen-bond acceptors (Lipinski definition) is 4. The predicted molar refractivity (Wildman–Crippen MR) is 137 cm³/mol. The topological polar surface area (TPSA) is 82.3 Å². The molecule has 3 rings (SSSR count).